The Morgan fingerprint density at radius 1 is 1.24 bits per heavy atom. The van der Waals surface area contributed by atoms with Gasteiger partial charge in [-0.25, -0.2) is 9.37 Å². The molecule has 0 aliphatic carbocycles. The number of ether oxygens (including phenoxy) is 1. The number of unbranched alkanes of at least 4 members (excludes halogenated alkanes) is 1. The summed E-state index contributed by atoms with van der Waals surface area (Å²) in [5, 5.41) is 12.5. The van der Waals surface area contributed by atoms with Crippen LogP contribution in [0.4, 0.5) is 4.39 Å². The van der Waals surface area contributed by atoms with Crippen molar-refractivity contribution >= 4 is 5.91 Å². The van der Waals surface area contributed by atoms with Gasteiger partial charge in [0.1, 0.15) is 17.1 Å². The first-order valence-corrected chi connectivity index (χ1v) is 8.24. The molecule has 6 heteroatoms. The Kier molecular flexibility index (Phi) is 6.47. The van der Waals surface area contributed by atoms with Crippen LogP contribution in [0.1, 0.15) is 43.5 Å². The van der Waals surface area contributed by atoms with Crippen LogP contribution in [0.15, 0.2) is 42.6 Å². The Morgan fingerprint density at radius 3 is 2.64 bits per heavy atom. The summed E-state index contributed by atoms with van der Waals surface area (Å²) < 4.78 is 18.5. The lowest BCUT2D eigenvalue weighted by Gasteiger charge is -2.16. The van der Waals surface area contributed by atoms with Crippen molar-refractivity contribution in [3.8, 4) is 11.6 Å². The highest BCUT2D eigenvalue weighted by molar-refractivity contribution is 5.96. The topological polar surface area (TPSA) is 71.5 Å². The number of halogens is 1. The van der Waals surface area contributed by atoms with Gasteiger partial charge in [0, 0.05) is 12.7 Å². The third-order valence-electron chi connectivity index (χ3n) is 3.54. The number of benzene rings is 1. The Labute approximate surface area is 146 Å². The van der Waals surface area contributed by atoms with Gasteiger partial charge in [0.25, 0.3) is 5.91 Å². The smallest absolute Gasteiger partial charge is 0.256 e. The van der Waals surface area contributed by atoms with E-state index in [0.29, 0.717) is 24.3 Å². The van der Waals surface area contributed by atoms with Crippen LogP contribution in [0.2, 0.25) is 0 Å². The highest BCUT2D eigenvalue weighted by Crippen LogP contribution is 2.23. The fourth-order valence-corrected chi connectivity index (χ4v) is 2.24. The van der Waals surface area contributed by atoms with Crippen molar-refractivity contribution in [1.29, 1.82) is 0 Å². The third-order valence-corrected chi connectivity index (χ3v) is 3.54. The summed E-state index contributed by atoms with van der Waals surface area (Å²) in [7, 11) is 0. The second kappa shape index (κ2) is 8.58. The van der Waals surface area contributed by atoms with Crippen LogP contribution < -0.4 is 10.1 Å². The van der Waals surface area contributed by atoms with E-state index in [1.165, 1.54) is 30.5 Å². The van der Waals surface area contributed by atoms with Gasteiger partial charge in [-0.05, 0) is 69.5 Å². The second-order valence-electron chi connectivity index (χ2n) is 6.44. The first-order chi connectivity index (χ1) is 11.8. The van der Waals surface area contributed by atoms with E-state index in [1.807, 2.05) is 0 Å². The predicted octanol–water partition coefficient (Wildman–Crippen LogP) is 3.68. The first-order valence-electron chi connectivity index (χ1n) is 8.24. The summed E-state index contributed by atoms with van der Waals surface area (Å²) in [5.74, 6) is -0.0757. The van der Waals surface area contributed by atoms with Crippen LogP contribution in [0, 0.1) is 5.82 Å². The molecular formula is C19H23FN2O3. The van der Waals surface area contributed by atoms with Crippen molar-refractivity contribution < 1.29 is 19.0 Å². The van der Waals surface area contributed by atoms with Gasteiger partial charge in [-0.3, -0.25) is 4.79 Å². The van der Waals surface area contributed by atoms with Crippen molar-refractivity contribution in [3.63, 3.8) is 0 Å². The lowest BCUT2D eigenvalue weighted by Crippen LogP contribution is -2.26. The van der Waals surface area contributed by atoms with Crippen LogP contribution in [-0.2, 0) is 0 Å². The predicted molar refractivity (Wildman–Crippen MR) is 93.2 cm³/mol. The van der Waals surface area contributed by atoms with Gasteiger partial charge in [0.2, 0.25) is 5.88 Å². The van der Waals surface area contributed by atoms with Gasteiger partial charge in [0.05, 0.1) is 5.60 Å². The average Bonchev–Trinajstić information content (AvgIpc) is 2.56. The first kappa shape index (κ1) is 18.9. The Hall–Kier alpha value is -2.47. The Morgan fingerprint density at radius 2 is 1.96 bits per heavy atom. The van der Waals surface area contributed by atoms with Crippen molar-refractivity contribution in [2.45, 2.75) is 38.7 Å². The summed E-state index contributed by atoms with van der Waals surface area (Å²) in [6.07, 6.45) is 3.79. The van der Waals surface area contributed by atoms with Crippen molar-refractivity contribution in [2.75, 3.05) is 6.54 Å². The Balaban J connectivity index is 1.92. The molecule has 5 nitrogen and oxygen atoms in total. The van der Waals surface area contributed by atoms with E-state index in [-0.39, 0.29) is 17.6 Å². The maximum Gasteiger partial charge on any atom is 0.256 e. The molecule has 1 aromatic carbocycles. The molecule has 0 saturated carbocycles. The largest absolute Gasteiger partial charge is 0.438 e. The maximum atomic E-state index is 13.0. The number of pyridine rings is 1. The van der Waals surface area contributed by atoms with E-state index in [4.69, 9.17) is 4.74 Å². The van der Waals surface area contributed by atoms with Crippen LogP contribution in [-0.4, -0.2) is 28.1 Å². The summed E-state index contributed by atoms with van der Waals surface area (Å²) in [5.41, 5.74) is -0.377. The summed E-state index contributed by atoms with van der Waals surface area (Å²) in [4.78, 5) is 16.4. The van der Waals surface area contributed by atoms with Crippen molar-refractivity contribution in [1.82, 2.24) is 10.3 Å². The fourth-order valence-electron chi connectivity index (χ4n) is 2.24. The lowest BCUT2D eigenvalue weighted by molar-refractivity contribution is 0.0682. The molecule has 1 aromatic heterocycles. The van der Waals surface area contributed by atoms with E-state index in [1.54, 1.807) is 26.0 Å². The quantitative estimate of drug-likeness (QED) is 0.715. The molecule has 0 saturated heterocycles. The van der Waals surface area contributed by atoms with Gasteiger partial charge in [-0.1, -0.05) is 0 Å². The van der Waals surface area contributed by atoms with Gasteiger partial charge < -0.3 is 15.2 Å². The van der Waals surface area contributed by atoms with Gasteiger partial charge in [0.15, 0.2) is 0 Å². The molecule has 0 fully saturated rings. The molecule has 0 spiro atoms. The number of amides is 1. The van der Waals surface area contributed by atoms with Gasteiger partial charge in [-0.2, -0.15) is 0 Å². The molecule has 0 bridgehead atoms. The minimum atomic E-state index is -0.691. The van der Waals surface area contributed by atoms with E-state index < -0.39 is 5.60 Å². The molecule has 0 atom stereocenters. The zero-order chi connectivity index (χ0) is 18.3. The third kappa shape index (κ3) is 6.51. The summed E-state index contributed by atoms with van der Waals surface area (Å²) in [6, 6.07) is 8.78. The number of aliphatic hydroxyl groups is 1. The number of nitrogens with one attached hydrogen (secondary N) is 1. The molecule has 0 aliphatic rings. The van der Waals surface area contributed by atoms with Crippen LogP contribution >= 0.6 is 0 Å². The van der Waals surface area contributed by atoms with Crippen LogP contribution in [0.5, 0.6) is 11.6 Å². The second-order valence-corrected chi connectivity index (χ2v) is 6.44. The number of nitrogens with zero attached hydrogens (tertiary/aromatic N) is 1. The van der Waals surface area contributed by atoms with Crippen LogP contribution in [0.3, 0.4) is 0 Å². The standard InChI is InChI=1S/C19H23FN2O3/c1-19(2,24)11-3-4-12-21-17(23)16-6-5-13-22-18(16)25-15-9-7-14(20)8-10-15/h5-10,13,24H,3-4,11-12H2,1-2H3,(H,21,23). The summed E-state index contributed by atoms with van der Waals surface area (Å²) in [6.45, 7) is 4.03. The molecular weight excluding hydrogens is 323 g/mol. The van der Waals surface area contributed by atoms with E-state index >= 15 is 0 Å². The van der Waals surface area contributed by atoms with Crippen molar-refractivity contribution in [3.05, 3.63) is 54.0 Å². The lowest BCUT2D eigenvalue weighted by atomic mass is 10.0. The normalized spacial score (nSPS) is 11.2. The Bertz CT molecular complexity index is 697. The minimum absolute atomic E-state index is 0.170. The SMILES string of the molecule is CC(C)(O)CCCCNC(=O)c1cccnc1Oc1ccc(F)cc1. The van der Waals surface area contributed by atoms with Crippen LogP contribution in [0.25, 0.3) is 0 Å². The number of rotatable bonds is 8. The monoisotopic (exact) mass is 346 g/mol. The number of hydrogen-bond acceptors (Lipinski definition) is 4. The minimum Gasteiger partial charge on any atom is -0.438 e. The zero-order valence-electron chi connectivity index (χ0n) is 14.5. The zero-order valence-corrected chi connectivity index (χ0v) is 14.5. The number of carbonyl (C=O) groups excluding carboxylic acids is 1. The molecule has 2 aromatic rings. The number of carbonyl (C=O) groups is 1. The number of aromatic nitrogens is 1. The molecule has 1 amide bonds. The molecule has 1 heterocycles. The molecule has 25 heavy (non-hydrogen) atoms. The summed E-state index contributed by atoms with van der Waals surface area (Å²) >= 11 is 0. The fraction of sp³-hybridized carbons (Fsp3) is 0.368. The van der Waals surface area contributed by atoms with Gasteiger partial charge >= 0.3 is 0 Å². The molecule has 134 valence electrons. The molecule has 2 rings (SSSR count). The molecule has 0 unspecified atom stereocenters. The highest BCUT2D eigenvalue weighted by atomic mass is 19.1. The van der Waals surface area contributed by atoms with E-state index in [2.05, 4.69) is 10.3 Å². The maximum absolute atomic E-state index is 13.0. The van der Waals surface area contributed by atoms with E-state index in [0.717, 1.165) is 12.8 Å². The molecule has 0 radical (unpaired) electrons. The average molecular weight is 346 g/mol. The highest BCUT2D eigenvalue weighted by Gasteiger charge is 2.15. The number of hydrogen-bond donors (Lipinski definition) is 2. The molecule has 2 N–H and O–H groups in total. The van der Waals surface area contributed by atoms with Crippen molar-refractivity contribution in [2.24, 2.45) is 0 Å². The van der Waals surface area contributed by atoms with E-state index in [9.17, 15) is 14.3 Å². The molecule has 0 aliphatic heterocycles. The van der Waals surface area contributed by atoms with Gasteiger partial charge in [-0.15, -0.1) is 0 Å².